The lowest BCUT2D eigenvalue weighted by Gasteiger charge is -2.48. The minimum Gasteiger partial charge on any atom is -0.462 e. The van der Waals surface area contributed by atoms with Crippen molar-refractivity contribution in [2.75, 3.05) is 0 Å². The van der Waals surface area contributed by atoms with Gasteiger partial charge in [-0.3, -0.25) is 14.4 Å². The summed E-state index contributed by atoms with van der Waals surface area (Å²) in [5.74, 6) is 1.08. The van der Waals surface area contributed by atoms with Crippen molar-refractivity contribution in [2.24, 2.45) is 23.2 Å². The van der Waals surface area contributed by atoms with Gasteiger partial charge in [0.25, 0.3) is 0 Å². The lowest BCUT2D eigenvalue weighted by Crippen LogP contribution is -2.44. The van der Waals surface area contributed by atoms with Crippen LogP contribution in [0.1, 0.15) is 65.7 Å². The van der Waals surface area contributed by atoms with E-state index in [0.29, 0.717) is 24.2 Å². The van der Waals surface area contributed by atoms with Crippen LogP contribution in [0.25, 0.3) is 0 Å². The molecule has 0 spiro atoms. The fraction of sp³-hybridized carbons (Fsp3) is 0.750. The molecule has 4 nitrogen and oxygen atoms in total. The van der Waals surface area contributed by atoms with Crippen LogP contribution in [-0.4, -0.2) is 23.6 Å². The summed E-state index contributed by atoms with van der Waals surface area (Å²) in [5, 5.41) is 0. The van der Waals surface area contributed by atoms with Crippen molar-refractivity contribution in [1.82, 2.24) is 0 Å². The molecule has 24 heavy (non-hydrogen) atoms. The Hall–Kier alpha value is -1.45. The Bertz CT molecular complexity index is 590. The summed E-state index contributed by atoms with van der Waals surface area (Å²) < 4.78 is 5.63. The number of hydrogen-bond donors (Lipinski definition) is 0. The second kappa shape index (κ2) is 6.45. The Morgan fingerprint density at radius 1 is 1.21 bits per heavy atom. The van der Waals surface area contributed by atoms with E-state index in [1.807, 2.05) is 6.92 Å². The van der Waals surface area contributed by atoms with Gasteiger partial charge in [0, 0.05) is 18.8 Å². The van der Waals surface area contributed by atoms with Crippen LogP contribution < -0.4 is 0 Å². The number of allylic oxidation sites excluding steroid dienone is 2. The summed E-state index contributed by atoms with van der Waals surface area (Å²) in [6.45, 7) is 5.79. The number of rotatable bonds is 1. The minimum atomic E-state index is -0.199. The first-order valence-electron chi connectivity index (χ1n) is 9.21. The molecule has 3 aliphatic rings. The fourth-order valence-corrected chi connectivity index (χ4v) is 5.62. The molecule has 0 aromatic carbocycles. The first kappa shape index (κ1) is 17.4. The highest BCUT2D eigenvalue weighted by Crippen LogP contribution is 2.59. The Morgan fingerprint density at radius 2 is 1.96 bits per heavy atom. The van der Waals surface area contributed by atoms with Crippen LogP contribution in [0.15, 0.2) is 11.6 Å². The van der Waals surface area contributed by atoms with Gasteiger partial charge in [-0.15, -0.1) is 0 Å². The summed E-state index contributed by atoms with van der Waals surface area (Å²) in [6.07, 6.45) is 7.11. The molecule has 0 amide bonds. The predicted molar refractivity (Wildman–Crippen MR) is 90.2 cm³/mol. The highest BCUT2D eigenvalue weighted by atomic mass is 16.5. The molecule has 4 heteroatoms. The molecule has 3 aliphatic carbocycles. The van der Waals surface area contributed by atoms with Gasteiger partial charge in [-0.25, -0.2) is 0 Å². The van der Waals surface area contributed by atoms with E-state index >= 15 is 0 Å². The zero-order valence-corrected chi connectivity index (χ0v) is 15.0. The zero-order chi connectivity index (χ0) is 17.5. The van der Waals surface area contributed by atoms with Gasteiger partial charge >= 0.3 is 5.97 Å². The van der Waals surface area contributed by atoms with Crippen LogP contribution in [0.4, 0.5) is 0 Å². The first-order chi connectivity index (χ1) is 11.3. The third-order valence-electron chi connectivity index (χ3n) is 6.76. The average Bonchev–Trinajstić information content (AvgIpc) is 2.81. The summed E-state index contributed by atoms with van der Waals surface area (Å²) in [7, 11) is 0. The van der Waals surface area contributed by atoms with Crippen LogP contribution in [0.3, 0.4) is 0 Å². The van der Waals surface area contributed by atoms with Crippen molar-refractivity contribution in [3.8, 4) is 0 Å². The molecule has 5 atom stereocenters. The number of hydrogen-bond acceptors (Lipinski definition) is 4. The van der Waals surface area contributed by atoms with Crippen LogP contribution >= 0.6 is 0 Å². The van der Waals surface area contributed by atoms with E-state index < -0.39 is 0 Å². The van der Waals surface area contributed by atoms with Gasteiger partial charge in [-0.05, 0) is 62.9 Å². The molecule has 0 saturated heterocycles. The Labute approximate surface area is 144 Å². The Balaban J connectivity index is 1.89. The van der Waals surface area contributed by atoms with Gasteiger partial charge in [-0.2, -0.15) is 0 Å². The number of ketones is 2. The van der Waals surface area contributed by atoms with Crippen molar-refractivity contribution in [1.29, 1.82) is 0 Å². The Kier molecular flexibility index (Phi) is 4.67. The van der Waals surface area contributed by atoms with Crippen molar-refractivity contribution < 1.29 is 19.1 Å². The SMILES string of the molecule is CC(=O)O[C@H]1CC[C@H]2[C@@H]3CCC(=O)CC(=O)/C=C(\C)[C@H]3CC[C@]12C. The molecule has 0 unspecified atom stereocenters. The number of ether oxygens (including phenoxy) is 1. The minimum absolute atomic E-state index is 0.00445. The smallest absolute Gasteiger partial charge is 0.302 e. The quantitative estimate of drug-likeness (QED) is 0.543. The molecular formula is C20H28O4. The van der Waals surface area contributed by atoms with Gasteiger partial charge in [-0.1, -0.05) is 12.5 Å². The molecular weight excluding hydrogens is 304 g/mol. The van der Waals surface area contributed by atoms with Crippen molar-refractivity contribution in [2.45, 2.75) is 71.8 Å². The fourth-order valence-electron chi connectivity index (χ4n) is 5.62. The number of Topliss-reactive ketones (excluding diaryl/α,β-unsaturated/α-hetero) is 1. The van der Waals surface area contributed by atoms with E-state index in [2.05, 4.69) is 6.92 Å². The number of fused-ring (bicyclic) bond motifs is 3. The van der Waals surface area contributed by atoms with Crippen LogP contribution in [0.5, 0.6) is 0 Å². The highest BCUT2D eigenvalue weighted by Gasteiger charge is 2.55. The lowest BCUT2D eigenvalue weighted by atomic mass is 9.57. The van der Waals surface area contributed by atoms with Crippen LogP contribution in [-0.2, 0) is 19.1 Å². The lowest BCUT2D eigenvalue weighted by molar-refractivity contribution is -0.155. The molecule has 3 rings (SSSR count). The van der Waals surface area contributed by atoms with E-state index in [0.717, 1.165) is 37.7 Å². The molecule has 0 heterocycles. The van der Waals surface area contributed by atoms with Crippen molar-refractivity contribution >= 4 is 17.5 Å². The van der Waals surface area contributed by atoms with Gasteiger partial charge in [0.1, 0.15) is 11.9 Å². The predicted octanol–water partition coefficient (Wildman–Crippen LogP) is 3.63. The second-order valence-corrected chi connectivity index (χ2v) is 8.21. The summed E-state index contributed by atoms with van der Waals surface area (Å²) in [5.41, 5.74) is 1.14. The largest absolute Gasteiger partial charge is 0.462 e. The van der Waals surface area contributed by atoms with E-state index in [4.69, 9.17) is 4.74 Å². The summed E-state index contributed by atoms with van der Waals surface area (Å²) in [6, 6.07) is 0. The molecule has 2 fully saturated rings. The maximum Gasteiger partial charge on any atom is 0.302 e. The highest BCUT2D eigenvalue weighted by molar-refractivity contribution is 6.04. The molecule has 2 saturated carbocycles. The van der Waals surface area contributed by atoms with Crippen molar-refractivity contribution in [3.63, 3.8) is 0 Å². The van der Waals surface area contributed by atoms with Crippen molar-refractivity contribution in [3.05, 3.63) is 11.6 Å². The zero-order valence-electron chi connectivity index (χ0n) is 15.0. The topological polar surface area (TPSA) is 60.4 Å². The standard InChI is InChI=1S/C20H28O4/c1-12-10-15(23)11-14(22)4-5-17-16(12)8-9-20(3)18(17)6-7-19(20)24-13(2)21/h10,16-19H,4-9,11H2,1-3H3/b12-10+/t16-,17-,18+,19+,20+/m1/s1. The third kappa shape index (κ3) is 3.07. The molecule has 0 radical (unpaired) electrons. The second-order valence-electron chi connectivity index (χ2n) is 8.21. The van der Waals surface area contributed by atoms with E-state index in [1.165, 1.54) is 6.92 Å². The van der Waals surface area contributed by atoms with E-state index in [9.17, 15) is 14.4 Å². The molecule has 0 aromatic rings. The Morgan fingerprint density at radius 3 is 2.67 bits per heavy atom. The molecule has 0 aliphatic heterocycles. The summed E-state index contributed by atoms with van der Waals surface area (Å²) >= 11 is 0. The third-order valence-corrected chi connectivity index (χ3v) is 6.76. The van der Waals surface area contributed by atoms with Gasteiger partial charge in [0.05, 0.1) is 6.42 Å². The number of carbonyl (C=O) groups excluding carboxylic acids is 3. The average molecular weight is 332 g/mol. The molecule has 132 valence electrons. The maximum absolute atomic E-state index is 12.0. The number of esters is 1. The maximum atomic E-state index is 12.0. The van der Waals surface area contributed by atoms with E-state index in [1.54, 1.807) is 6.08 Å². The van der Waals surface area contributed by atoms with Crippen LogP contribution in [0.2, 0.25) is 0 Å². The van der Waals surface area contributed by atoms with Crippen LogP contribution in [0, 0.1) is 23.2 Å². The summed E-state index contributed by atoms with van der Waals surface area (Å²) in [4.78, 5) is 35.5. The van der Waals surface area contributed by atoms with Gasteiger partial charge in [0.2, 0.25) is 0 Å². The first-order valence-corrected chi connectivity index (χ1v) is 9.21. The van der Waals surface area contributed by atoms with Gasteiger partial charge < -0.3 is 4.74 Å². The molecule has 0 N–H and O–H groups in total. The monoisotopic (exact) mass is 332 g/mol. The normalized spacial score (nSPS) is 42.0. The van der Waals surface area contributed by atoms with Gasteiger partial charge in [0.15, 0.2) is 5.78 Å². The van der Waals surface area contributed by atoms with E-state index in [-0.39, 0.29) is 35.5 Å². The number of carbonyl (C=O) groups is 3. The molecule has 0 aromatic heterocycles. The molecule has 0 bridgehead atoms.